The molecule has 7 heteroatoms. The molecule has 78 valence electrons. The van der Waals surface area contributed by atoms with Crippen LogP contribution < -0.4 is 0 Å². The summed E-state index contributed by atoms with van der Waals surface area (Å²) in [5, 5.41) is 53.7. The van der Waals surface area contributed by atoms with Gasteiger partial charge in [-0.3, -0.25) is 0 Å². The van der Waals surface area contributed by atoms with Crippen molar-refractivity contribution in [1.29, 1.82) is 0 Å². The minimum Gasteiger partial charge on any atom is -0.388 e. The predicted octanol–water partition coefficient (Wildman–Crippen LogP) is -3.90. The van der Waals surface area contributed by atoms with Crippen molar-refractivity contribution < 1.29 is 35.4 Å². The normalized spacial score (nSPS) is 46.8. The van der Waals surface area contributed by atoms with Crippen LogP contribution in [0.2, 0.25) is 0 Å². The second-order valence-electron chi connectivity index (χ2n) is 2.94. The van der Waals surface area contributed by atoms with Crippen LogP contribution in [0.25, 0.3) is 0 Å². The first-order valence-corrected chi connectivity index (χ1v) is 3.66. The van der Waals surface area contributed by atoms with E-state index in [1.807, 2.05) is 0 Å². The van der Waals surface area contributed by atoms with Crippen LogP contribution in [0.15, 0.2) is 0 Å². The molecule has 0 radical (unpaired) electrons. The standard InChI is InChI=1S/C6H12O7/c7-2-1-13-6(12,5(10)11)4(9)3(2)8/h2-5,7-12H,1H2/t2-,3+,4-,6-/m0/s1. The molecule has 0 aliphatic carbocycles. The Morgan fingerprint density at radius 3 is 2.23 bits per heavy atom. The molecule has 1 heterocycles. The number of aliphatic hydroxyl groups is 6. The van der Waals surface area contributed by atoms with Gasteiger partial charge >= 0.3 is 0 Å². The Labute approximate surface area is 73.4 Å². The van der Waals surface area contributed by atoms with E-state index < -0.39 is 37.0 Å². The average Bonchev–Trinajstić information content (AvgIpc) is 2.08. The Bertz CT molecular complexity index is 184. The number of hydrogen-bond donors (Lipinski definition) is 6. The van der Waals surface area contributed by atoms with Gasteiger partial charge in [-0.2, -0.15) is 0 Å². The third kappa shape index (κ3) is 1.67. The number of hydrogen-bond acceptors (Lipinski definition) is 7. The molecule has 0 aromatic rings. The molecule has 0 amide bonds. The van der Waals surface area contributed by atoms with E-state index in [0.29, 0.717) is 0 Å². The fraction of sp³-hybridized carbons (Fsp3) is 1.00. The molecule has 4 atom stereocenters. The SMILES string of the molecule is OC(O)[C@@]1(O)OC[C@H](O)[C@@H](O)[C@@H]1O. The lowest BCUT2D eigenvalue weighted by atomic mass is 9.96. The molecule has 1 saturated heterocycles. The number of ether oxygens (including phenoxy) is 1. The Morgan fingerprint density at radius 1 is 1.23 bits per heavy atom. The van der Waals surface area contributed by atoms with Gasteiger partial charge in [-0.1, -0.05) is 0 Å². The highest BCUT2D eigenvalue weighted by atomic mass is 16.7. The van der Waals surface area contributed by atoms with Gasteiger partial charge in [-0.25, -0.2) is 0 Å². The molecular weight excluding hydrogens is 184 g/mol. The van der Waals surface area contributed by atoms with Gasteiger partial charge in [0.1, 0.15) is 18.3 Å². The molecule has 0 saturated carbocycles. The smallest absolute Gasteiger partial charge is 0.247 e. The lowest BCUT2D eigenvalue weighted by Crippen LogP contribution is -2.65. The second kappa shape index (κ2) is 3.46. The molecule has 0 spiro atoms. The molecule has 1 aliphatic rings. The second-order valence-corrected chi connectivity index (χ2v) is 2.94. The van der Waals surface area contributed by atoms with E-state index in [9.17, 15) is 5.11 Å². The van der Waals surface area contributed by atoms with Crippen LogP contribution >= 0.6 is 0 Å². The van der Waals surface area contributed by atoms with Crippen molar-refractivity contribution in [3.63, 3.8) is 0 Å². The lowest BCUT2D eigenvalue weighted by molar-refractivity contribution is -0.384. The average molecular weight is 196 g/mol. The molecule has 0 unspecified atom stereocenters. The van der Waals surface area contributed by atoms with Gasteiger partial charge in [-0.05, 0) is 0 Å². The molecule has 7 nitrogen and oxygen atoms in total. The Kier molecular flexibility index (Phi) is 2.88. The van der Waals surface area contributed by atoms with E-state index in [1.54, 1.807) is 0 Å². The van der Waals surface area contributed by atoms with Gasteiger partial charge in [0.15, 0.2) is 0 Å². The Balaban J connectivity index is 2.79. The van der Waals surface area contributed by atoms with Crippen LogP contribution in [0.5, 0.6) is 0 Å². The predicted molar refractivity (Wildman–Crippen MR) is 37.1 cm³/mol. The summed E-state index contributed by atoms with van der Waals surface area (Å²) in [4.78, 5) is 0. The summed E-state index contributed by atoms with van der Waals surface area (Å²) in [7, 11) is 0. The van der Waals surface area contributed by atoms with Crippen molar-refractivity contribution in [3.05, 3.63) is 0 Å². The molecular formula is C6H12O7. The number of rotatable bonds is 1. The van der Waals surface area contributed by atoms with Crippen LogP contribution in [-0.2, 0) is 4.74 Å². The molecule has 6 N–H and O–H groups in total. The van der Waals surface area contributed by atoms with Crippen LogP contribution in [-0.4, -0.2) is 67.6 Å². The summed E-state index contributed by atoms with van der Waals surface area (Å²) < 4.78 is 4.42. The minimum atomic E-state index is -2.65. The van der Waals surface area contributed by atoms with Crippen molar-refractivity contribution >= 4 is 0 Å². The Hall–Kier alpha value is -0.280. The quantitative estimate of drug-likeness (QED) is 0.236. The molecule has 0 aromatic heterocycles. The first-order valence-electron chi connectivity index (χ1n) is 3.66. The van der Waals surface area contributed by atoms with Gasteiger partial charge in [-0.15, -0.1) is 0 Å². The van der Waals surface area contributed by atoms with Crippen LogP contribution in [0.4, 0.5) is 0 Å². The zero-order chi connectivity index (χ0) is 10.2. The van der Waals surface area contributed by atoms with Crippen molar-refractivity contribution in [2.45, 2.75) is 30.4 Å². The van der Waals surface area contributed by atoms with E-state index in [0.717, 1.165) is 0 Å². The molecule has 13 heavy (non-hydrogen) atoms. The highest BCUT2D eigenvalue weighted by Gasteiger charge is 2.52. The lowest BCUT2D eigenvalue weighted by Gasteiger charge is -2.42. The summed E-state index contributed by atoms with van der Waals surface area (Å²) in [6, 6.07) is 0. The van der Waals surface area contributed by atoms with Gasteiger partial charge in [0.05, 0.1) is 6.61 Å². The monoisotopic (exact) mass is 196 g/mol. The highest BCUT2D eigenvalue weighted by molar-refractivity contribution is 4.92. The summed E-state index contributed by atoms with van der Waals surface area (Å²) in [5.74, 6) is -2.65. The topological polar surface area (TPSA) is 131 Å². The van der Waals surface area contributed by atoms with Crippen molar-refractivity contribution in [3.8, 4) is 0 Å². The summed E-state index contributed by atoms with van der Waals surface area (Å²) in [5.41, 5.74) is 0. The fourth-order valence-corrected chi connectivity index (χ4v) is 1.09. The van der Waals surface area contributed by atoms with Gasteiger partial charge in [0, 0.05) is 0 Å². The zero-order valence-corrected chi connectivity index (χ0v) is 6.61. The first-order chi connectivity index (χ1) is 5.89. The summed E-state index contributed by atoms with van der Waals surface area (Å²) in [6.07, 6.45) is -7.38. The Morgan fingerprint density at radius 2 is 1.77 bits per heavy atom. The largest absolute Gasteiger partial charge is 0.388 e. The van der Waals surface area contributed by atoms with Crippen LogP contribution in [0.1, 0.15) is 0 Å². The van der Waals surface area contributed by atoms with Crippen molar-refractivity contribution in [1.82, 2.24) is 0 Å². The molecule has 1 fully saturated rings. The van der Waals surface area contributed by atoms with Crippen molar-refractivity contribution in [2.24, 2.45) is 0 Å². The highest BCUT2D eigenvalue weighted by Crippen LogP contribution is 2.25. The summed E-state index contributed by atoms with van der Waals surface area (Å²) in [6.45, 7) is -0.494. The van der Waals surface area contributed by atoms with Crippen LogP contribution in [0, 0.1) is 0 Å². The van der Waals surface area contributed by atoms with Gasteiger partial charge < -0.3 is 35.4 Å². The maximum Gasteiger partial charge on any atom is 0.247 e. The van der Waals surface area contributed by atoms with E-state index in [4.69, 9.17) is 25.5 Å². The van der Waals surface area contributed by atoms with Gasteiger partial charge in [0.2, 0.25) is 12.1 Å². The van der Waals surface area contributed by atoms with Gasteiger partial charge in [0.25, 0.3) is 0 Å². The van der Waals surface area contributed by atoms with E-state index in [1.165, 1.54) is 0 Å². The van der Waals surface area contributed by atoms with E-state index in [-0.39, 0.29) is 0 Å². The summed E-state index contributed by atoms with van der Waals surface area (Å²) >= 11 is 0. The minimum absolute atomic E-state index is 0.494. The van der Waals surface area contributed by atoms with E-state index >= 15 is 0 Å². The zero-order valence-electron chi connectivity index (χ0n) is 6.61. The molecule has 1 rings (SSSR count). The third-order valence-corrected chi connectivity index (χ3v) is 2.00. The molecule has 0 aromatic carbocycles. The van der Waals surface area contributed by atoms with Crippen molar-refractivity contribution in [2.75, 3.05) is 6.61 Å². The van der Waals surface area contributed by atoms with Crippen LogP contribution in [0.3, 0.4) is 0 Å². The molecule has 0 bridgehead atoms. The first kappa shape index (κ1) is 10.8. The van der Waals surface area contributed by atoms with E-state index in [2.05, 4.69) is 4.74 Å². The maximum absolute atomic E-state index is 9.26. The fourth-order valence-electron chi connectivity index (χ4n) is 1.09. The molecule has 1 aliphatic heterocycles. The third-order valence-electron chi connectivity index (χ3n) is 2.00. The maximum atomic E-state index is 9.26. The number of aliphatic hydroxyl groups excluding tert-OH is 4.